The number of carbonyl (C=O) groups is 2. The van der Waals surface area contributed by atoms with E-state index in [1.165, 1.54) is 29.2 Å². The molecule has 0 bridgehead atoms. The van der Waals surface area contributed by atoms with E-state index in [0.717, 1.165) is 17.4 Å². The fourth-order valence-electron chi connectivity index (χ4n) is 4.54. The lowest BCUT2D eigenvalue weighted by atomic mass is 9.85. The van der Waals surface area contributed by atoms with Gasteiger partial charge in [0.15, 0.2) is 5.60 Å². The van der Waals surface area contributed by atoms with Gasteiger partial charge in [-0.3, -0.25) is 9.59 Å². The van der Waals surface area contributed by atoms with Crippen LogP contribution in [0.3, 0.4) is 0 Å². The average molecular weight is 520 g/mol. The predicted octanol–water partition coefficient (Wildman–Crippen LogP) is 4.32. The molecule has 4 aromatic rings. The molecule has 188 valence electrons. The first kappa shape index (κ1) is 24.5. The molecular formula is C27H23ClFN5O3. The molecule has 0 aliphatic carbocycles. The highest BCUT2D eigenvalue weighted by molar-refractivity contribution is 6.31. The molecule has 1 atom stereocenters. The van der Waals surface area contributed by atoms with Gasteiger partial charge >= 0.3 is 0 Å². The lowest BCUT2D eigenvalue weighted by Gasteiger charge is -2.27. The Hall–Kier alpha value is -4.21. The number of aliphatic hydroxyl groups is 1. The number of carbonyl (C=O) groups excluding carboxylic acids is 2. The highest BCUT2D eigenvalue weighted by Crippen LogP contribution is 2.39. The van der Waals surface area contributed by atoms with Crippen molar-refractivity contribution in [3.8, 4) is 0 Å². The summed E-state index contributed by atoms with van der Waals surface area (Å²) < 4.78 is 17.2. The van der Waals surface area contributed by atoms with Gasteiger partial charge in [-0.15, -0.1) is 0 Å². The number of aromatic nitrogens is 2. The molecule has 2 amide bonds. The summed E-state index contributed by atoms with van der Waals surface area (Å²) in [4.78, 5) is 27.5. The summed E-state index contributed by atoms with van der Waals surface area (Å²) in [5.41, 5.74) is 4.80. The molecule has 1 aromatic heterocycles. The Morgan fingerprint density at radius 1 is 1.16 bits per heavy atom. The number of nitrogens with two attached hydrogens (primary N) is 1. The number of hydrogen-bond donors (Lipinski definition) is 3. The van der Waals surface area contributed by atoms with Crippen LogP contribution in [0.15, 0.2) is 72.9 Å². The van der Waals surface area contributed by atoms with Crippen LogP contribution in [0.5, 0.6) is 0 Å². The Balaban J connectivity index is 1.57. The number of nitrogens with zero attached hydrogens (tertiary/aromatic N) is 3. The lowest BCUT2D eigenvalue weighted by molar-refractivity contribution is -0.133. The highest BCUT2D eigenvalue weighted by Gasteiger charge is 2.41. The molecule has 2 heterocycles. The molecule has 10 heteroatoms. The van der Waals surface area contributed by atoms with E-state index in [-0.39, 0.29) is 23.2 Å². The Morgan fingerprint density at radius 3 is 2.59 bits per heavy atom. The van der Waals surface area contributed by atoms with Crippen LogP contribution in [0.2, 0.25) is 5.02 Å². The molecule has 0 radical (unpaired) electrons. The fraction of sp³-hybridized carbons (Fsp3) is 0.148. The number of primary amides is 1. The average Bonchev–Trinajstić information content (AvgIpc) is 3.20. The van der Waals surface area contributed by atoms with Gasteiger partial charge in [-0.2, -0.15) is 5.10 Å². The molecule has 0 saturated heterocycles. The Bertz CT molecular complexity index is 1520. The van der Waals surface area contributed by atoms with Gasteiger partial charge in [0.05, 0.1) is 24.1 Å². The molecule has 0 spiro atoms. The Kier molecular flexibility index (Phi) is 6.18. The monoisotopic (exact) mass is 519 g/mol. The number of anilines is 3. The van der Waals surface area contributed by atoms with Gasteiger partial charge in [-0.25, -0.2) is 9.07 Å². The molecule has 0 saturated carbocycles. The van der Waals surface area contributed by atoms with Crippen LogP contribution in [-0.4, -0.2) is 26.7 Å². The summed E-state index contributed by atoms with van der Waals surface area (Å²) in [6, 6.07) is 16.5. The second-order valence-electron chi connectivity index (χ2n) is 8.65. The maximum Gasteiger partial charge on any atom is 0.258 e. The van der Waals surface area contributed by atoms with Crippen LogP contribution in [0, 0.1) is 5.82 Å². The standard InChI is InChI=1S/C27H23ClFN5O3/c1-2-34-24-17(14-31-34)15-33(23-11-9-19(28)13-22(23)32-24)25(35)16-8-10-20(21(29)12-16)27(37,26(30)36)18-6-4-3-5-7-18/h3-14,32,37H,2,15H2,1H3,(H2,30,36). The van der Waals surface area contributed by atoms with E-state index in [4.69, 9.17) is 17.3 Å². The highest BCUT2D eigenvalue weighted by atomic mass is 35.5. The Labute approximate surface area is 217 Å². The molecule has 1 aliphatic rings. The number of halogens is 2. The van der Waals surface area contributed by atoms with Crippen molar-refractivity contribution >= 4 is 40.6 Å². The summed E-state index contributed by atoms with van der Waals surface area (Å²) in [5, 5.41) is 19.3. The topological polar surface area (TPSA) is 113 Å². The van der Waals surface area contributed by atoms with Crippen molar-refractivity contribution in [2.75, 3.05) is 10.2 Å². The Morgan fingerprint density at radius 2 is 1.92 bits per heavy atom. The number of amides is 2. The molecular weight excluding hydrogens is 497 g/mol. The summed E-state index contributed by atoms with van der Waals surface area (Å²) >= 11 is 6.23. The normalized spacial score (nSPS) is 14.1. The number of rotatable bonds is 5. The first-order valence-electron chi connectivity index (χ1n) is 11.5. The summed E-state index contributed by atoms with van der Waals surface area (Å²) in [5.74, 6) is -1.84. The van der Waals surface area contributed by atoms with Crippen molar-refractivity contribution in [2.45, 2.75) is 25.6 Å². The van der Waals surface area contributed by atoms with Crippen molar-refractivity contribution in [2.24, 2.45) is 5.73 Å². The molecule has 1 unspecified atom stereocenters. The first-order valence-corrected chi connectivity index (χ1v) is 11.9. The van der Waals surface area contributed by atoms with Crippen molar-refractivity contribution in [3.63, 3.8) is 0 Å². The zero-order valence-corrected chi connectivity index (χ0v) is 20.5. The predicted molar refractivity (Wildman–Crippen MR) is 138 cm³/mol. The van der Waals surface area contributed by atoms with E-state index < -0.39 is 23.2 Å². The van der Waals surface area contributed by atoms with Crippen LogP contribution < -0.4 is 16.0 Å². The van der Waals surface area contributed by atoms with Crippen LogP contribution in [0.4, 0.5) is 21.6 Å². The van der Waals surface area contributed by atoms with Crippen LogP contribution in [-0.2, 0) is 23.5 Å². The van der Waals surface area contributed by atoms with E-state index >= 15 is 4.39 Å². The van der Waals surface area contributed by atoms with E-state index in [0.29, 0.717) is 22.9 Å². The second-order valence-corrected chi connectivity index (χ2v) is 9.08. The molecule has 37 heavy (non-hydrogen) atoms. The number of aryl methyl sites for hydroxylation is 1. The zero-order chi connectivity index (χ0) is 26.3. The van der Waals surface area contributed by atoms with Crippen LogP contribution in [0.25, 0.3) is 0 Å². The van der Waals surface area contributed by atoms with Crippen LogP contribution in [0.1, 0.15) is 34.0 Å². The first-order chi connectivity index (χ1) is 17.7. The molecule has 0 fully saturated rings. The molecule has 4 N–H and O–H groups in total. The van der Waals surface area contributed by atoms with Gasteiger partial charge in [-0.1, -0.05) is 48.0 Å². The molecule has 1 aliphatic heterocycles. The van der Waals surface area contributed by atoms with Gasteiger partial charge < -0.3 is 21.1 Å². The van der Waals surface area contributed by atoms with Gasteiger partial charge in [-0.05, 0) is 42.8 Å². The number of benzene rings is 3. The van der Waals surface area contributed by atoms with E-state index in [1.807, 2.05) is 6.92 Å². The molecule has 5 rings (SSSR count). The largest absolute Gasteiger partial charge is 0.372 e. The van der Waals surface area contributed by atoms with Crippen molar-refractivity contribution in [1.82, 2.24) is 9.78 Å². The quantitative estimate of drug-likeness (QED) is 0.363. The zero-order valence-electron chi connectivity index (χ0n) is 19.8. The van der Waals surface area contributed by atoms with E-state index in [2.05, 4.69) is 10.4 Å². The van der Waals surface area contributed by atoms with Crippen LogP contribution >= 0.6 is 11.6 Å². The smallest absolute Gasteiger partial charge is 0.258 e. The minimum atomic E-state index is -2.41. The minimum Gasteiger partial charge on any atom is -0.372 e. The summed E-state index contributed by atoms with van der Waals surface area (Å²) in [6.45, 7) is 2.74. The maximum absolute atomic E-state index is 15.5. The van der Waals surface area contributed by atoms with Crippen molar-refractivity contribution in [3.05, 3.63) is 106 Å². The third-order valence-electron chi connectivity index (χ3n) is 6.44. The number of hydrogen-bond acceptors (Lipinski definition) is 5. The SMILES string of the molecule is CCn1ncc2c1Nc1cc(Cl)ccc1N(C(=O)c1ccc(C(O)(C(N)=O)c3ccccc3)c(F)c1)C2. The van der Waals surface area contributed by atoms with E-state index in [1.54, 1.807) is 47.3 Å². The summed E-state index contributed by atoms with van der Waals surface area (Å²) in [7, 11) is 0. The van der Waals surface area contributed by atoms with Gasteiger partial charge in [0.2, 0.25) is 0 Å². The van der Waals surface area contributed by atoms with E-state index in [9.17, 15) is 14.7 Å². The number of fused-ring (bicyclic) bond motifs is 2. The van der Waals surface area contributed by atoms with Crippen molar-refractivity contribution in [1.29, 1.82) is 0 Å². The van der Waals surface area contributed by atoms with Gasteiger partial charge in [0, 0.05) is 28.3 Å². The maximum atomic E-state index is 15.5. The minimum absolute atomic E-state index is 0.0216. The third kappa shape index (κ3) is 4.12. The molecule has 3 aromatic carbocycles. The van der Waals surface area contributed by atoms with Crippen molar-refractivity contribution < 1.29 is 19.1 Å². The second kappa shape index (κ2) is 9.34. The summed E-state index contributed by atoms with van der Waals surface area (Å²) in [6.07, 6.45) is 1.68. The number of nitrogens with one attached hydrogen (secondary N) is 1. The lowest BCUT2D eigenvalue weighted by Crippen LogP contribution is -2.43. The van der Waals surface area contributed by atoms with Gasteiger partial charge in [0.25, 0.3) is 11.8 Å². The third-order valence-corrected chi connectivity index (χ3v) is 6.68. The van der Waals surface area contributed by atoms with Gasteiger partial charge in [0.1, 0.15) is 11.6 Å². The fourth-order valence-corrected chi connectivity index (χ4v) is 4.71. The molecule has 8 nitrogen and oxygen atoms in total.